The fraction of sp³-hybridized carbons (Fsp3) is 0.619. The molecule has 0 aromatic carbocycles. The number of carbonyl (C=O) groups excluding carboxylic acids is 1. The summed E-state index contributed by atoms with van der Waals surface area (Å²) in [5.74, 6) is 1.51. The molecule has 152 valence electrons. The van der Waals surface area contributed by atoms with Crippen molar-refractivity contribution in [1.82, 2.24) is 19.4 Å². The maximum Gasteiger partial charge on any atom is 0.289 e. The number of aromatic nitrogens is 2. The highest BCUT2D eigenvalue weighted by molar-refractivity contribution is 5.91. The van der Waals surface area contributed by atoms with E-state index in [2.05, 4.69) is 9.88 Å². The van der Waals surface area contributed by atoms with Gasteiger partial charge in [0.1, 0.15) is 5.76 Å². The Labute approximate surface area is 165 Å². The molecular formula is C21H30N4O3. The second kappa shape index (κ2) is 8.92. The van der Waals surface area contributed by atoms with Gasteiger partial charge in [0.2, 0.25) is 0 Å². The first kappa shape index (κ1) is 19.2. The molecule has 0 aliphatic carbocycles. The molecule has 0 radical (unpaired) electrons. The Kier molecular flexibility index (Phi) is 6.12. The second-order valence-corrected chi connectivity index (χ2v) is 8.13. The lowest BCUT2D eigenvalue weighted by molar-refractivity contribution is 0.0745. The number of rotatable bonds is 6. The number of hydrogen-bond donors (Lipinski definition) is 1. The lowest BCUT2D eigenvalue weighted by Crippen LogP contribution is -2.35. The Morgan fingerprint density at radius 3 is 2.64 bits per heavy atom. The molecule has 2 fully saturated rings. The minimum absolute atomic E-state index is 0.0753. The molecule has 1 amide bonds. The van der Waals surface area contributed by atoms with Gasteiger partial charge in [-0.05, 0) is 44.0 Å². The predicted molar refractivity (Wildman–Crippen MR) is 105 cm³/mol. The van der Waals surface area contributed by atoms with Crippen LogP contribution in [-0.2, 0) is 6.54 Å². The number of carbonyl (C=O) groups is 1. The second-order valence-electron chi connectivity index (χ2n) is 8.13. The molecule has 0 saturated carbocycles. The zero-order valence-electron chi connectivity index (χ0n) is 16.4. The van der Waals surface area contributed by atoms with Gasteiger partial charge in [-0.15, -0.1) is 0 Å². The van der Waals surface area contributed by atoms with Gasteiger partial charge in [-0.25, -0.2) is 4.98 Å². The third-order valence-electron chi connectivity index (χ3n) is 6.06. The average Bonchev–Trinajstić information content (AvgIpc) is 3.42. The van der Waals surface area contributed by atoms with E-state index in [0.717, 1.165) is 25.4 Å². The van der Waals surface area contributed by atoms with Crippen molar-refractivity contribution in [3.05, 3.63) is 42.4 Å². The summed E-state index contributed by atoms with van der Waals surface area (Å²) in [5.41, 5.74) is 0. The Morgan fingerprint density at radius 2 is 1.93 bits per heavy atom. The number of aliphatic hydroxyl groups excluding tert-OH is 1. The lowest BCUT2D eigenvalue weighted by atomic mass is 9.96. The Morgan fingerprint density at radius 1 is 1.14 bits per heavy atom. The summed E-state index contributed by atoms with van der Waals surface area (Å²) in [4.78, 5) is 21.3. The zero-order valence-corrected chi connectivity index (χ0v) is 16.4. The molecule has 2 aromatic rings. The highest BCUT2D eigenvalue weighted by Gasteiger charge is 2.36. The molecule has 0 unspecified atom stereocenters. The van der Waals surface area contributed by atoms with Crippen LogP contribution in [0.25, 0.3) is 0 Å². The number of imidazole rings is 1. The standard InChI is InChI=1S/C21H30N4O3/c26-15-18-13-25(12-17(18)11-23-8-3-1-2-4-9-23)21(27)20-6-5-19(28-20)14-24-10-7-22-16-24/h5-7,10,16-18,26H,1-4,8-9,11-15H2/t17-,18-/m0/s1. The molecule has 2 aromatic heterocycles. The smallest absolute Gasteiger partial charge is 0.289 e. The van der Waals surface area contributed by atoms with Gasteiger partial charge in [-0.1, -0.05) is 12.8 Å². The number of likely N-dealkylation sites (tertiary alicyclic amines) is 2. The predicted octanol–water partition coefficient (Wildman–Crippen LogP) is 2.08. The molecule has 4 rings (SSSR count). The van der Waals surface area contributed by atoms with Gasteiger partial charge in [0.25, 0.3) is 5.91 Å². The first-order valence-electron chi connectivity index (χ1n) is 10.4. The monoisotopic (exact) mass is 386 g/mol. The number of furan rings is 1. The highest BCUT2D eigenvalue weighted by Crippen LogP contribution is 2.27. The summed E-state index contributed by atoms with van der Waals surface area (Å²) < 4.78 is 7.69. The van der Waals surface area contributed by atoms with Crippen LogP contribution >= 0.6 is 0 Å². The molecule has 2 saturated heterocycles. The summed E-state index contributed by atoms with van der Waals surface area (Å²) in [7, 11) is 0. The number of hydrogen-bond acceptors (Lipinski definition) is 5. The first-order chi connectivity index (χ1) is 13.7. The van der Waals surface area contributed by atoms with Gasteiger partial charge in [-0.2, -0.15) is 0 Å². The van der Waals surface area contributed by atoms with Crippen molar-refractivity contribution >= 4 is 5.91 Å². The van der Waals surface area contributed by atoms with Crippen molar-refractivity contribution in [2.45, 2.75) is 32.2 Å². The van der Waals surface area contributed by atoms with Crippen LogP contribution in [0.5, 0.6) is 0 Å². The minimum Gasteiger partial charge on any atom is -0.454 e. The molecule has 1 N–H and O–H groups in total. The summed E-state index contributed by atoms with van der Waals surface area (Å²) in [5, 5.41) is 9.85. The van der Waals surface area contributed by atoms with Crippen LogP contribution < -0.4 is 0 Å². The molecular weight excluding hydrogens is 356 g/mol. The molecule has 0 spiro atoms. The van der Waals surface area contributed by atoms with Crippen molar-refractivity contribution in [3.8, 4) is 0 Å². The van der Waals surface area contributed by atoms with Gasteiger partial charge in [0, 0.05) is 44.6 Å². The van der Waals surface area contributed by atoms with Crippen molar-refractivity contribution in [3.63, 3.8) is 0 Å². The van der Waals surface area contributed by atoms with Gasteiger partial charge in [-0.3, -0.25) is 4.79 Å². The maximum absolute atomic E-state index is 12.9. The molecule has 7 nitrogen and oxygen atoms in total. The molecule has 2 atom stereocenters. The van der Waals surface area contributed by atoms with Crippen molar-refractivity contribution < 1.29 is 14.3 Å². The van der Waals surface area contributed by atoms with E-state index in [1.54, 1.807) is 18.6 Å². The molecule has 7 heteroatoms. The van der Waals surface area contributed by atoms with Crippen molar-refractivity contribution in [1.29, 1.82) is 0 Å². The Hall–Kier alpha value is -2.12. The average molecular weight is 386 g/mol. The van der Waals surface area contributed by atoms with E-state index < -0.39 is 0 Å². The van der Waals surface area contributed by atoms with E-state index in [1.165, 1.54) is 25.7 Å². The van der Waals surface area contributed by atoms with Crippen LogP contribution in [0.4, 0.5) is 0 Å². The third kappa shape index (κ3) is 4.47. The van der Waals surface area contributed by atoms with Crippen molar-refractivity contribution in [2.24, 2.45) is 11.8 Å². The lowest BCUT2D eigenvalue weighted by Gasteiger charge is -2.26. The summed E-state index contributed by atoms with van der Waals surface area (Å²) in [6.07, 6.45) is 10.5. The van der Waals surface area contributed by atoms with E-state index >= 15 is 0 Å². The first-order valence-corrected chi connectivity index (χ1v) is 10.4. The maximum atomic E-state index is 12.9. The van der Waals surface area contributed by atoms with Gasteiger partial charge >= 0.3 is 0 Å². The number of nitrogens with zero attached hydrogens (tertiary/aromatic N) is 4. The van der Waals surface area contributed by atoms with Crippen LogP contribution in [0.2, 0.25) is 0 Å². The molecule has 4 heterocycles. The zero-order chi connectivity index (χ0) is 19.3. The summed E-state index contributed by atoms with van der Waals surface area (Å²) in [6.45, 7) is 5.23. The van der Waals surface area contributed by atoms with Gasteiger partial charge in [0.15, 0.2) is 5.76 Å². The van der Waals surface area contributed by atoms with Crippen LogP contribution in [0, 0.1) is 11.8 Å². The van der Waals surface area contributed by atoms with E-state index in [0.29, 0.717) is 31.3 Å². The normalized spacial score (nSPS) is 23.8. The van der Waals surface area contributed by atoms with Gasteiger partial charge < -0.3 is 23.9 Å². The van der Waals surface area contributed by atoms with Crippen LogP contribution in [-0.4, -0.2) is 69.7 Å². The fourth-order valence-electron chi connectivity index (χ4n) is 4.46. The molecule has 2 aliphatic heterocycles. The highest BCUT2D eigenvalue weighted by atomic mass is 16.4. The van der Waals surface area contributed by atoms with Gasteiger partial charge in [0.05, 0.1) is 12.9 Å². The quantitative estimate of drug-likeness (QED) is 0.823. The third-order valence-corrected chi connectivity index (χ3v) is 6.06. The van der Waals surface area contributed by atoms with Crippen LogP contribution in [0.15, 0.2) is 35.3 Å². The van der Waals surface area contributed by atoms with E-state index in [9.17, 15) is 9.90 Å². The van der Waals surface area contributed by atoms with Crippen LogP contribution in [0.3, 0.4) is 0 Å². The summed E-state index contributed by atoms with van der Waals surface area (Å²) >= 11 is 0. The number of amides is 1. The Bertz CT molecular complexity index is 750. The Balaban J connectivity index is 1.37. The minimum atomic E-state index is -0.0753. The molecule has 28 heavy (non-hydrogen) atoms. The van der Waals surface area contributed by atoms with E-state index in [-0.39, 0.29) is 18.4 Å². The SMILES string of the molecule is O=C(c1ccc(Cn2ccnc2)o1)N1C[C@@H](CO)[C@@H](CN2CCCCCC2)C1. The molecule has 0 bridgehead atoms. The van der Waals surface area contributed by atoms with E-state index in [4.69, 9.17) is 4.42 Å². The fourth-order valence-corrected chi connectivity index (χ4v) is 4.46. The van der Waals surface area contributed by atoms with Crippen LogP contribution in [0.1, 0.15) is 42.0 Å². The largest absolute Gasteiger partial charge is 0.454 e. The topological polar surface area (TPSA) is 74.7 Å². The summed E-state index contributed by atoms with van der Waals surface area (Å²) in [6, 6.07) is 3.60. The number of aliphatic hydroxyl groups is 1. The van der Waals surface area contributed by atoms with Crippen molar-refractivity contribution in [2.75, 3.05) is 39.3 Å². The van der Waals surface area contributed by atoms with E-state index in [1.807, 2.05) is 21.7 Å². The molecule has 2 aliphatic rings.